The largest absolute Gasteiger partial charge is 0.481 e. The second kappa shape index (κ2) is 4.18. The topological polar surface area (TPSA) is 66.8 Å². The number of fused-ring (bicyclic) bond motifs is 1. The third-order valence-corrected chi connectivity index (χ3v) is 3.15. The number of hydrogen-bond acceptors (Lipinski definition) is 3. The average Bonchev–Trinajstić information content (AvgIpc) is 2.72. The summed E-state index contributed by atoms with van der Waals surface area (Å²) in [6.07, 6.45) is 0.0524. The van der Waals surface area contributed by atoms with Crippen LogP contribution in [0.5, 0.6) is 0 Å². The second-order valence-corrected chi connectivity index (χ2v) is 4.25. The third-order valence-electron chi connectivity index (χ3n) is 3.15. The molecule has 1 amide bonds. The molecular formula is C10H15NO4. The van der Waals surface area contributed by atoms with E-state index < -0.39 is 5.97 Å². The zero-order valence-corrected chi connectivity index (χ0v) is 8.52. The van der Waals surface area contributed by atoms with Gasteiger partial charge >= 0.3 is 5.97 Å². The Hall–Kier alpha value is -1.10. The van der Waals surface area contributed by atoms with Crippen molar-refractivity contribution in [1.29, 1.82) is 0 Å². The van der Waals surface area contributed by atoms with Gasteiger partial charge in [-0.3, -0.25) is 9.59 Å². The summed E-state index contributed by atoms with van der Waals surface area (Å²) >= 11 is 0. The van der Waals surface area contributed by atoms with E-state index in [1.54, 1.807) is 4.90 Å². The van der Waals surface area contributed by atoms with E-state index in [-0.39, 0.29) is 18.7 Å². The molecule has 0 aromatic heterocycles. The van der Waals surface area contributed by atoms with E-state index >= 15 is 0 Å². The van der Waals surface area contributed by atoms with Crippen molar-refractivity contribution in [3.8, 4) is 0 Å². The van der Waals surface area contributed by atoms with E-state index in [0.717, 1.165) is 26.3 Å². The van der Waals surface area contributed by atoms with Crippen molar-refractivity contribution in [1.82, 2.24) is 4.90 Å². The molecule has 5 heteroatoms. The van der Waals surface area contributed by atoms with Gasteiger partial charge < -0.3 is 14.7 Å². The molecule has 0 aliphatic carbocycles. The fourth-order valence-corrected chi connectivity index (χ4v) is 2.26. The van der Waals surface area contributed by atoms with Gasteiger partial charge in [0, 0.05) is 31.3 Å². The van der Waals surface area contributed by atoms with Crippen molar-refractivity contribution in [2.75, 3.05) is 26.3 Å². The molecule has 0 aromatic carbocycles. The quantitative estimate of drug-likeness (QED) is 0.714. The van der Waals surface area contributed by atoms with Gasteiger partial charge in [0.2, 0.25) is 5.91 Å². The van der Waals surface area contributed by atoms with Crippen LogP contribution in [-0.4, -0.2) is 48.2 Å². The Morgan fingerprint density at radius 2 is 1.80 bits per heavy atom. The minimum Gasteiger partial charge on any atom is -0.481 e. The number of likely N-dealkylation sites (tertiary alicyclic amines) is 1. The van der Waals surface area contributed by atoms with E-state index in [9.17, 15) is 9.59 Å². The monoisotopic (exact) mass is 213 g/mol. The van der Waals surface area contributed by atoms with Gasteiger partial charge in [-0.15, -0.1) is 0 Å². The predicted octanol–water partition coefficient (Wildman–Crippen LogP) is -0.0440. The maximum Gasteiger partial charge on any atom is 0.303 e. The molecule has 2 saturated heterocycles. The van der Waals surface area contributed by atoms with Crippen molar-refractivity contribution >= 4 is 11.9 Å². The second-order valence-electron chi connectivity index (χ2n) is 4.25. The lowest BCUT2D eigenvalue weighted by Crippen LogP contribution is -2.30. The molecule has 1 N–H and O–H groups in total. The number of ether oxygens (including phenoxy) is 1. The third kappa shape index (κ3) is 2.28. The Bertz CT molecular complexity index is 267. The van der Waals surface area contributed by atoms with Gasteiger partial charge in [-0.1, -0.05) is 0 Å². The number of carboxylic acids is 1. The highest BCUT2D eigenvalue weighted by Gasteiger charge is 2.38. The number of amides is 1. The number of carbonyl (C=O) groups is 2. The molecule has 2 fully saturated rings. The maximum absolute atomic E-state index is 11.6. The molecule has 2 aliphatic rings. The van der Waals surface area contributed by atoms with Gasteiger partial charge in [0.1, 0.15) is 0 Å². The molecule has 15 heavy (non-hydrogen) atoms. The number of hydrogen-bond donors (Lipinski definition) is 1. The van der Waals surface area contributed by atoms with Crippen LogP contribution in [0.2, 0.25) is 0 Å². The van der Waals surface area contributed by atoms with Gasteiger partial charge in [-0.25, -0.2) is 0 Å². The predicted molar refractivity (Wildman–Crippen MR) is 51.2 cm³/mol. The van der Waals surface area contributed by atoms with Crippen molar-refractivity contribution < 1.29 is 19.4 Å². The van der Waals surface area contributed by atoms with Crippen LogP contribution in [0.3, 0.4) is 0 Å². The highest BCUT2D eigenvalue weighted by Crippen LogP contribution is 2.29. The summed E-state index contributed by atoms with van der Waals surface area (Å²) in [6, 6.07) is 0. The minimum atomic E-state index is -0.911. The van der Waals surface area contributed by atoms with Crippen LogP contribution in [0.15, 0.2) is 0 Å². The fourth-order valence-electron chi connectivity index (χ4n) is 2.26. The number of rotatable bonds is 3. The maximum atomic E-state index is 11.6. The van der Waals surface area contributed by atoms with Crippen LogP contribution in [0.25, 0.3) is 0 Å². The molecule has 2 aliphatic heterocycles. The van der Waals surface area contributed by atoms with Crippen molar-refractivity contribution in [2.45, 2.75) is 12.8 Å². The first-order valence-electron chi connectivity index (χ1n) is 5.24. The molecule has 2 atom stereocenters. The molecule has 2 heterocycles. The summed E-state index contributed by atoms with van der Waals surface area (Å²) in [5.74, 6) is -0.00423. The summed E-state index contributed by atoms with van der Waals surface area (Å²) < 4.78 is 5.31. The normalized spacial score (nSPS) is 29.2. The van der Waals surface area contributed by atoms with Crippen LogP contribution in [0.1, 0.15) is 12.8 Å². The van der Waals surface area contributed by atoms with E-state index in [0.29, 0.717) is 11.8 Å². The molecule has 5 nitrogen and oxygen atoms in total. The molecule has 0 bridgehead atoms. The number of carbonyl (C=O) groups excluding carboxylic acids is 1. The first-order valence-corrected chi connectivity index (χ1v) is 5.24. The lowest BCUT2D eigenvalue weighted by Gasteiger charge is -2.16. The Balaban J connectivity index is 1.80. The number of nitrogens with zero attached hydrogens (tertiary/aromatic N) is 1. The summed E-state index contributed by atoms with van der Waals surface area (Å²) in [5, 5.41) is 8.48. The standard InChI is InChI=1S/C10H15NO4/c12-9(1-2-10(13)14)11-3-7-5-15-6-8(7)4-11/h7-8H,1-6H2,(H,13,14)/t7-,8-/m0/s1. The van der Waals surface area contributed by atoms with E-state index in [4.69, 9.17) is 9.84 Å². The first-order chi connectivity index (χ1) is 7.16. The molecule has 0 radical (unpaired) electrons. The van der Waals surface area contributed by atoms with E-state index in [1.807, 2.05) is 0 Å². The lowest BCUT2D eigenvalue weighted by atomic mass is 10.0. The van der Waals surface area contributed by atoms with Crippen LogP contribution in [0.4, 0.5) is 0 Å². The number of carboxylic acid groups (broad SMARTS) is 1. The number of aliphatic carboxylic acids is 1. The van der Waals surface area contributed by atoms with E-state index in [1.165, 1.54) is 0 Å². The summed E-state index contributed by atoms with van der Waals surface area (Å²) in [4.78, 5) is 23.7. The van der Waals surface area contributed by atoms with Crippen LogP contribution < -0.4 is 0 Å². The summed E-state index contributed by atoms with van der Waals surface area (Å²) in [7, 11) is 0. The minimum absolute atomic E-state index is 0.0354. The zero-order chi connectivity index (χ0) is 10.8. The highest BCUT2D eigenvalue weighted by atomic mass is 16.5. The highest BCUT2D eigenvalue weighted by molar-refractivity contribution is 5.80. The lowest BCUT2D eigenvalue weighted by molar-refractivity contribution is -0.140. The fraction of sp³-hybridized carbons (Fsp3) is 0.800. The van der Waals surface area contributed by atoms with Gasteiger partial charge in [0.25, 0.3) is 0 Å². The van der Waals surface area contributed by atoms with Crippen LogP contribution in [0, 0.1) is 11.8 Å². The Morgan fingerprint density at radius 1 is 1.20 bits per heavy atom. The average molecular weight is 213 g/mol. The van der Waals surface area contributed by atoms with Crippen molar-refractivity contribution in [3.05, 3.63) is 0 Å². The Kier molecular flexibility index (Phi) is 2.90. The van der Waals surface area contributed by atoms with Gasteiger partial charge in [0.05, 0.1) is 19.6 Å². The van der Waals surface area contributed by atoms with Crippen LogP contribution >= 0.6 is 0 Å². The van der Waals surface area contributed by atoms with Gasteiger partial charge in [-0.05, 0) is 0 Å². The molecule has 84 valence electrons. The Morgan fingerprint density at radius 3 is 2.33 bits per heavy atom. The van der Waals surface area contributed by atoms with Crippen molar-refractivity contribution in [3.63, 3.8) is 0 Å². The molecule has 2 rings (SSSR count). The van der Waals surface area contributed by atoms with E-state index in [2.05, 4.69) is 0 Å². The van der Waals surface area contributed by atoms with Crippen LogP contribution in [-0.2, 0) is 14.3 Å². The van der Waals surface area contributed by atoms with Crippen molar-refractivity contribution in [2.24, 2.45) is 11.8 Å². The first kappa shape index (κ1) is 10.4. The summed E-state index contributed by atoms with van der Waals surface area (Å²) in [6.45, 7) is 2.97. The summed E-state index contributed by atoms with van der Waals surface area (Å²) in [5.41, 5.74) is 0. The van der Waals surface area contributed by atoms with Gasteiger partial charge in [-0.2, -0.15) is 0 Å². The zero-order valence-electron chi connectivity index (χ0n) is 8.52. The molecular weight excluding hydrogens is 198 g/mol. The molecule has 0 aromatic rings. The van der Waals surface area contributed by atoms with Gasteiger partial charge in [0.15, 0.2) is 0 Å². The SMILES string of the molecule is O=C(O)CCC(=O)N1C[C@H]2COC[C@@H]2C1. The molecule has 0 saturated carbocycles. The smallest absolute Gasteiger partial charge is 0.303 e. The molecule has 0 spiro atoms. The Labute approximate surface area is 88.0 Å². The molecule has 0 unspecified atom stereocenters.